The summed E-state index contributed by atoms with van der Waals surface area (Å²) in [6, 6.07) is 13.8. The van der Waals surface area contributed by atoms with Crippen LogP contribution in [0.4, 0.5) is 0 Å². The summed E-state index contributed by atoms with van der Waals surface area (Å²) in [5.41, 5.74) is 3.99. The lowest BCUT2D eigenvalue weighted by molar-refractivity contribution is -0.137. The maximum Gasteiger partial charge on any atom is 0.303 e. The van der Waals surface area contributed by atoms with Crippen LogP contribution in [0.5, 0.6) is 5.75 Å². The van der Waals surface area contributed by atoms with Crippen LogP contribution in [0.3, 0.4) is 0 Å². The molecule has 1 aromatic heterocycles. The number of halogens is 1. The third kappa shape index (κ3) is 6.61. The summed E-state index contributed by atoms with van der Waals surface area (Å²) in [4.78, 5) is 23.9. The lowest BCUT2D eigenvalue weighted by Crippen LogP contribution is -2.07. The van der Waals surface area contributed by atoms with Crippen LogP contribution >= 0.6 is 11.6 Å². The summed E-state index contributed by atoms with van der Waals surface area (Å²) in [5, 5.41) is 10.4. The molecule has 3 aromatic rings. The summed E-state index contributed by atoms with van der Waals surface area (Å²) in [6.07, 6.45) is 6.71. The molecular weight excluding hydrogens is 438 g/mol. The van der Waals surface area contributed by atoms with Crippen LogP contribution < -0.4 is 4.74 Å². The Bertz CT molecular complexity index is 1120. The number of Topliss-reactive ketones (excluding diaryl/α,β-unsaturated/α-hetero) is 1. The van der Waals surface area contributed by atoms with Gasteiger partial charge in [-0.25, -0.2) is 0 Å². The maximum absolute atomic E-state index is 13.1. The number of ketones is 1. The largest absolute Gasteiger partial charge is 0.497 e. The first-order valence-corrected chi connectivity index (χ1v) is 11.9. The van der Waals surface area contributed by atoms with E-state index in [1.54, 1.807) is 7.11 Å². The molecular formula is C27H32ClNO4. The normalized spacial score (nSPS) is 11.1. The van der Waals surface area contributed by atoms with E-state index in [1.807, 2.05) is 37.4 Å². The van der Waals surface area contributed by atoms with Crippen molar-refractivity contribution in [3.63, 3.8) is 0 Å². The van der Waals surface area contributed by atoms with Crippen LogP contribution in [-0.4, -0.2) is 28.5 Å². The number of carboxylic acid groups (broad SMARTS) is 1. The first-order chi connectivity index (χ1) is 15.9. The van der Waals surface area contributed by atoms with Crippen LogP contribution in [0.2, 0.25) is 5.02 Å². The zero-order chi connectivity index (χ0) is 23.8. The molecule has 1 N–H and O–H groups in total. The van der Waals surface area contributed by atoms with Crippen molar-refractivity contribution in [1.29, 1.82) is 0 Å². The van der Waals surface area contributed by atoms with Gasteiger partial charge in [0.25, 0.3) is 0 Å². The first kappa shape index (κ1) is 24.8. The molecule has 6 heteroatoms. The van der Waals surface area contributed by atoms with Gasteiger partial charge >= 0.3 is 5.97 Å². The molecule has 176 valence electrons. The Hall–Kier alpha value is -2.79. The highest BCUT2D eigenvalue weighted by Crippen LogP contribution is 2.31. The predicted octanol–water partition coefficient (Wildman–Crippen LogP) is 6.62. The molecule has 0 aliphatic rings. The van der Waals surface area contributed by atoms with Crippen LogP contribution in [0.15, 0.2) is 42.5 Å². The minimum absolute atomic E-state index is 0.000115. The van der Waals surface area contributed by atoms with Crippen molar-refractivity contribution in [1.82, 2.24) is 4.57 Å². The number of carbonyl (C=O) groups excluding carboxylic acids is 1. The molecule has 0 spiro atoms. The van der Waals surface area contributed by atoms with Gasteiger partial charge in [-0.05, 0) is 68.0 Å². The fourth-order valence-corrected chi connectivity index (χ4v) is 4.57. The van der Waals surface area contributed by atoms with Crippen LogP contribution in [0.25, 0.3) is 10.9 Å². The lowest BCUT2D eigenvalue weighted by Gasteiger charge is -2.08. The molecule has 0 fully saturated rings. The Morgan fingerprint density at radius 3 is 2.45 bits per heavy atom. The number of hydrogen-bond acceptors (Lipinski definition) is 3. The second-order valence-corrected chi connectivity index (χ2v) is 8.91. The molecule has 0 amide bonds. The van der Waals surface area contributed by atoms with Gasteiger partial charge in [0.05, 0.1) is 7.11 Å². The molecule has 0 aliphatic carbocycles. The average molecular weight is 470 g/mol. The minimum atomic E-state index is -0.877. The molecule has 0 unspecified atom stereocenters. The van der Waals surface area contributed by atoms with E-state index in [1.165, 1.54) is 5.56 Å². The van der Waals surface area contributed by atoms with Gasteiger partial charge in [0.1, 0.15) is 5.75 Å². The molecule has 0 saturated heterocycles. The lowest BCUT2D eigenvalue weighted by atomic mass is 9.98. The van der Waals surface area contributed by atoms with Gasteiger partial charge in [-0.15, -0.1) is 0 Å². The number of ether oxygens (including phenoxy) is 1. The smallest absolute Gasteiger partial charge is 0.303 e. The second kappa shape index (κ2) is 11.9. The molecule has 1 heterocycles. The Morgan fingerprint density at radius 2 is 1.73 bits per heavy atom. The molecule has 33 heavy (non-hydrogen) atoms. The van der Waals surface area contributed by atoms with Gasteiger partial charge in [0.15, 0.2) is 5.78 Å². The maximum atomic E-state index is 13.1. The van der Waals surface area contributed by atoms with Crippen molar-refractivity contribution in [2.24, 2.45) is 7.05 Å². The number of hydrogen-bond donors (Lipinski definition) is 1. The van der Waals surface area contributed by atoms with Crippen LogP contribution in [-0.2, 0) is 24.7 Å². The Balaban J connectivity index is 1.63. The van der Waals surface area contributed by atoms with Crippen molar-refractivity contribution in [3.8, 4) is 5.75 Å². The second-order valence-electron chi connectivity index (χ2n) is 8.48. The van der Waals surface area contributed by atoms with Crippen molar-refractivity contribution < 1.29 is 19.4 Å². The number of benzene rings is 2. The van der Waals surface area contributed by atoms with E-state index >= 15 is 0 Å². The number of rotatable bonds is 13. The van der Waals surface area contributed by atoms with Gasteiger partial charge in [0, 0.05) is 47.1 Å². The number of carbonyl (C=O) groups is 2. The fraction of sp³-hybridized carbons (Fsp3) is 0.407. The summed E-state index contributed by atoms with van der Waals surface area (Å²) in [5.74, 6) is 0.0130. The Kier molecular flexibility index (Phi) is 8.95. The van der Waals surface area contributed by atoms with Crippen LogP contribution in [0, 0.1) is 0 Å². The Labute approximate surface area is 200 Å². The fourth-order valence-electron chi connectivity index (χ4n) is 4.40. The van der Waals surface area contributed by atoms with Gasteiger partial charge in [0.2, 0.25) is 0 Å². The van der Waals surface area contributed by atoms with Gasteiger partial charge in [-0.3, -0.25) is 9.59 Å². The Morgan fingerprint density at radius 1 is 0.970 bits per heavy atom. The highest BCUT2D eigenvalue weighted by molar-refractivity contribution is 6.31. The molecule has 3 rings (SSSR count). The molecule has 0 aliphatic heterocycles. The summed E-state index contributed by atoms with van der Waals surface area (Å²) >= 11 is 6.23. The zero-order valence-electron chi connectivity index (χ0n) is 19.4. The highest BCUT2D eigenvalue weighted by atomic mass is 35.5. The number of aryl methyl sites for hydroxylation is 2. The SMILES string of the molecule is COc1cccc(CCCCCCc2c(C(=O)CCCC(=O)O)c3cc(Cl)ccc3n2C)c1. The molecule has 2 aromatic carbocycles. The topological polar surface area (TPSA) is 68.5 Å². The summed E-state index contributed by atoms with van der Waals surface area (Å²) < 4.78 is 7.38. The first-order valence-electron chi connectivity index (χ1n) is 11.6. The number of methoxy groups -OCH3 is 1. The van der Waals surface area contributed by atoms with E-state index in [0.29, 0.717) is 17.0 Å². The average Bonchev–Trinajstić information content (AvgIpc) is 3.06. The molecule has 5 nitrogen and oxygen atoms in total. The van der Waals surface area contributed by atoms with E-state index in [0.717, 1.165) is 60.9 Å². The molecule has 0 atom stereocenters. The zero-order valence-corrected chi connectivity index (χ0v) is 20.2. The van der Waals surface area contributed by atoms with E-state index < -0.39 is 5.97 Å². The van der Waals surface area contributed by atoms with Gasteiger partial charge < -0.3 is 14.4 Å². The number of aliphatic carboxylic acids is 1. The van der Waals surface area contributed by atoms with E-state index in [-0.39, 0.29) is 18.6 Å². The number of aromatic nitrogens is 1. The standard InChI is InChI=1S/C27H32ClNO4/c1-29-23-16-15-20(28)18-22(23)27(25(30)13-8-14-26(31)32)24(29)12-6-4-3-5-9-19-10-7-11-21(17-19)33-2/h7,10-11,15-18H,3-6,8-9,12-14H2,1-2H3,(H,31,32). The van der Waals surface area contributed by atoms with Crippen molar-refractivity contribution >= 4 is 34.3 Å². The van der Waals surface area contributed by atoms with Crippen molar-refractivity contribution in [2.45, 2.75) is 57.8 Å². The van der Waals surface area contributed by atoms with E-state index in [4.69, 9.17) is 21.4 Å². The number of nitrogens with zero attached hydrogens (tertiary/aromatic N) is 1. The van der Waals surface area contributed by atoms with E-state index in [9.17, 15) is 9.59 Å². The predicted molar refractivity (Wildman–Crippen MR) is 133 cm³/mol. The van der Waals surface area contributed by atoms with Crippen LogP contribution in [0.1, 0.15) is 66.6 Å². The quantitative estimate of drug-likeness (QED) is 0.225. The molecule has 0 bridgehead atoms. The molecule has 0 radical (unpaired) electrons. The van der Waals surface area contributed by atoms with Gasteiger partial charge in [-0.2, -0.15) is 0 Å². The monoisotopic (exact) mass is 469 g/mol. The van der Waals surface area contributed by atoms with Crippen molar-refractivity contribution in [3.05, 3.63) is 64.3 Å². The highest BCUT2D eigenvalue weighted by Gasteiger charge is 2.21. The molecule has 0 saturated carbocycles. The number of fused-ring (bicyclic) bond motifs is 1. The van der Waals surface area contributed by atoms with Crippen molar-refractivity contribution in [2.75, 3.05) is 7.11 Å². The van der Waals surface area contributed by atoms with Gasteiger partial charge in [-0.1, -0.05) is 36.6 Å². The number of unbranched alkanes of at least 4 members (excludes halogenated alkanes) is 3. The number of carboxylic acids is 1. The minimum Gasteiger partial charge on any atom is -0.497 e. The summed E-state index contributed by atoms with van der Waals surface area (Å²) in [7, 11) is 3.67. The third-order valence-corrected chi connectivity index (χ3v) is 6.35. The third-order valence-electron chi connectivity index (χ3n) is 6.12. The summed E-state index contributed by atoms with van der Waals surface area (Å²) in [6.45, 7) is 0. The van der Waals surface area contributed by atoms with E-state index in [2.05, 4.69) is 16.7 Å².